The summed E-state index contributed by atoms with van der Waals surface area (Å²) in [4.78, 5) is 0. The smallest absolute Gasteiger partial charge is 0.326 e. The normalized spacial score (nSPS) is 16.0. The molecule has 0 aliphatic carbocycles. The maximum Gasteiger partial charge on any atom is 0.326 e. The molecule has 0 fully saturated rings. The van der Waals surface area contributed by atoms with E-state index in [1.54, 1.807) is 0 Å². The lowest BCUT2D eigenvalue weighted by Gasteiger charge is -2.37. The maximum atomic E-state index is 6.88. The summed E-state index contributed by atoms with van der Waals surface area (Å²) in [6, 6.07) is 23.7. The van der Waals surface area contributed by atoms with Crippen LogP contribution in [-0.4, -0.2) is 0 Å². The van der Waals surface area contributed by atoms with Crippen molar-refractivity contribution in [2.24, 2.45) is 10.8 Å². The average molecular weight is 517 g/mol. The van der Waals surface area contributed by atoms with Crippen LogP contribution >= 0.6 is 8.38 Å². The Balaban J connectivity index is 1.79. The maximum absolute atomic E-state index is 6.88. The second-order valence-electron chi connectivity index (χ2n) is 14.4. The van der Waals surface area contributed by atoms with Crippen molar-refractivity contribution in [3.05, 3.63) is 77.9 Å². The van der Waals surface area contributed by atoms with E-state index in [2.05, 4.69) is 124 Å². The summed E-state index contributed by atoms with van der Waals surface area (Å²) >= 11 is 0. The highest BCUT2D eigenvalue weighted by atomic mass is 31.2. The molecule has 0 saturated heterocycles. The van der Waals surface area contributed by atoms with Crippen molar-refractivity contribution in [2.75, 3.05) is 0 Å². The first-order valence-electron chi connectivity index (χ1n) is 13.6. The predicted molar refractivity (Wildman–Crippen MR) is 160 cm³/mol. The lowest BCUT2D eigenvalue weighted by Crippen LogP contribution is -2.28. The summed E-state index contributed by atoms with van der Waals surface area (Å²) in [5, 5.41) is 1.13. The summed E-state index contributed by atoms with van der Waals surface area (Å²) in [5.74, 6) is 1.83. The number of hydrogen-bond donors (Lipinski definition) is 0. The van der Waals surface area contributed by atoms with Crippen LogP contribution in [0.2, 0.25) is 0 Å². The molecule has 1 aliphatic heterocycles. The highest BCUT2D eigenvalue weighted by Crippen LogP contribution is 2.52. The van der Waals surface area contributed by atoms with Crippen molar-refractivity contribution in [3.8, 4) is 22.6 Å². The highest BCUT2D eigenvalue weighted by Gasteiger charge is 2.35. The molecule has 3 aromatic carbocycles. The molecule has 1 atom stereocenters. The lowest BCUT2D eigenvalue weighted by atomic mass is 9.68. The summed E-state index contributed by atoms with van der Waals surface area (Å²) in [7, 11) is -1.31. The second-order valence-corrected chi connectivity index (χ2v) is 15.8. The van der Waals surface area contributed by atoms with E-state index >= 15 is 0 Å². The second kappa shape index (κ2) is 9.77. The van der Waals surface area contributed by atoms with Gasteiger partial charge in [-0.15, -0.1) is 0 Å². The fourth-order valence-corrected chi connectivity index (χ4v) is 7.84. The molecule has 198 valence electrons. The third-order valence-corrected chi connectivity index (χ3v) is 8.58. The first-order chi connectivity index (χ1) is 17.1. The minimum atomic E-state index is -1.31. The molecule has 1 unspecified atom stereocenters. The van der Waals surface area contributed by atoms with Crippen molar-refractivity contribution < 1.29 is 9.05 Å². The molecule has 37 heavy (non-hydrogen) atoms. The summed E-state index contributed by atoms with van der Waals surface area (Å²) < 4.78 is 13.4. The Labute approximate surface area is 226 Å². The van der Waals surface area contributed by atoms with E-state index in [0.29, 0.717) is 0 Å². The Morgan fingerprint density at radius 1 is 0.649 bits per heavy atom. The number of benzene rings is 3. The Bertz CT molecular complexity index is 1260. The van der Waals surface area contributed by atoms with Crippen LogP contribution in [0.4, 0.5) is 0 Å². The number of hydrogen-bond acceptors (Lipinski definition) is 2. The fraction of sp³-hybridized carbons (Fsp3) is 0.471. The Morgan fingerprint density at radius 2 is 1.22 bits per heavy atom. The Kier molecular flexibility index (Phi) is 7.32. The van der Waals surface area contributed by atoms with Gasteiger partial charge in [-0.25, -0.2) is 0 Å². The zero-order valence-corrected chi connectivity index (χ0v) is 25.4. The Morgan fingerprint density at radius 3 is 1.86 bits per heavy atom. The van der Waals surface area contributed by atoms with Gasteiger partial charge in [0, 0.05) is 11.1 Å². The zero-order valence-electron chi connectivity index (χ0n) is 24.5. The molecule has 4 rings (SSSR count). The molecule has 0 bridgehead atoms. The van der Waals surface area contributed by atoms with E-state index in [0.717, 1.165) is 35.2 Å². The van der Waals surface area contributed by atoms with Gasteiger partial charge in [0.15, 0.2) is 0 Å². The molecular weight excluding hydrogens is 471 g/mol. The highest BCUT2D eigenvalue weighted by molar-refractivity contribution is 7.57. The molecule has 0 N–H and O–H groups in total. The molecule has 0 radical (unpaired) electrons. The van der Waals surface area contributed by atoms with E-state index in [1.807, 2.05) is 12.1 Å². The molecule has 0 aromatic heterocycles. The number of fused-ring (bicyclic) bond motifs is 3. The topological polar surface area (TPSA) is 18.5 Å². The molecule has 3 aromatic rings. The zero-order chi connectivity index (χ0) is 27.2. The van der Waals surface area contributed by atoms with Crippen LogP contribution in [0.3, 0.4) is 0 Å². The minimum Gasteiger partial charge on any atom is -0.435 e. The minimum absolute atomic E-state index is 0.0571. The molecule has 0 spiro atoms. The van der Waals surface area contributed by atoms with Gasteiger partial charge < -0.3 is 9.05 Å². The third kappa shape index (κ3) is 6.40. The summed E-state index contributed by atoms with van der Waals surface area (Å²) in [6.07, 6.45) is 2.16. The number of para-hydroxylation sites is 1. The van der Waals surface area contributed by atoms with Gasteiger partial charge in [-0.3, -0.25) is 0 Å². The van der Waals surface area contributed by atoms with Crippen LogP contribution in [0.25, 0.3) is 11.1 Å². The standard InChI is InChI=1S/C34H45O2P/c1-31(2,3)22-33(7,8)24-19-20-29(27(21-24)34(9,10)23-32(4,5)6)36-37-30-18-14-12-16-26(30)25-15-11-13-17-28(25)35-37/h11-21H,22-23H2,1-10H3. The van der Waals surface area contributed by atoms with Crippen LogP contribution in [-0.2, 0) is 10.8 Å². The molecule has 2 nitrogen and oxygen atoms in total. The van der Waals surface area contributed by atoms with Crippen molar-refractivity contribution in [1.82, 2.24) is 0 Å². The molecule has 1 heterocycles. The predicted octanol–water partition coefficient (Wildman–Crippen LogP) is 10.2. The lowest BCUT2D eigenvalue weighted by molar-refractivity contribution is 0.276. The monoisotopic (exact) mass is 516 g/mol. The van der Waals surface area contributed by atoms with Gasteiger partial charge in [0.25, 0.3) is 0 Å². The van der Waals surface area contributed by atoms with Crippen LogP contribution in [0.5, 0.6) is 11.5 Å². The Hall–Kier alpha value is -2.31. The van der Waals surface area contributed by atoms with Gasteiger partial charge in [-0.05, 0) is 63.8 Å². The van der Waals surface area contributed by atoms with Crippen LogP contribution in [0.15, 0.2) is 66.7 Å². The van der Waals surface area contributed by atoms with E-state index < -0.39 is 8.38 Å². The molecular formula is C34H45O2P. The summed E-state index contributed by atoms with van der Waals surface area (Å²) in [6.45, 7) is 23.4. The van der Waals surface area contributed by atoms with E-state index in [9.17, 15) is 0 Å². The van der Waals surface area contributed by atoms with Gasteiger partial charge >= 0.3 is 8.38 Å². The summed E-state index contributed by atoms with van der Waals surface area (Å²) in [5.41, 5.74) is 5.40. The van der Waals surface area contributed by atoms with E-state index in [1.165, 1.54) is 16.7 Å². The van der Waals surface area contributed by atoms with Gasteiger partial charge in [0.2, 0.25) is 0 Å². The van der Waals surface area contributed by atoms with Crippen molar-refractivity contribution in [2.45, 2.75) is 92.9 Å². The van der Waals surface area contributed by atoms with Gasteiger partial charge in [-0.1, -0.05) is 118 Å². The van der Waals surface area contributed by atoms with Crippen LogP contribution in [0, 0.1) is 10.8 Å². The van der Waals surface area contributed by atoms with E-state index in [4.69, 9.17) is 9.05 Å². The van der Waals surface area contributed by atoms with Crippen LogP contribution < -0.4 is 14.4 Å². The molecule has 0 amide bonds. The largest absolute Gasteiger partial charge is 0.435 e. The third-order valence-electron chi connectivity index (χ3n) is 7.08. The fourth-order valence-electron chi connectivity index (χ4n) is 6.33. The van der Waals surface area contributed by atoms with Crippen molar-refractivity contribution in [1.29, 1.82) is 0 Å². The van der Waals surface area contributed by atoms with Crippen LogP contribution in [0.1, 0.15) is 93.2 Å². The van der Waals surface area contributed by atoms with E-state index in [-0.39, 0.29) is 21.7 Å². The quantitative estimate of drug-likeness (QED) is 0.303. The first-order valence-corrected chi connectivity index (χ1v) is 14.7. The van der Waals surface area contributed by atoms with Crippen molar-refractivity contribution >= 4 is 13.7 Å². The number of rotatable bonds is 6. The molecule has 0 saturated carbocycles. The first kappa shape index (κ1) is 27.7. The average Bonchev–Trinajstić information content (AvgIpc) is 2.76. The SMILES string of the molecule is CC(C)(C)CC(C)(C)c1ccc(OP2Oc3ccccc3-c3ccccc32)c(C(C)(C)CC(C)(C)C)c1. The molecule has 3 heteroatoms. The van der Waals surface area contributed by atoms with Gasteiger partial charge in [-0.2, -0.15) is 0 Å². The van der Waals surface area contributed by atoms with Crippen molar-refractivity contribution in [3.63, 3.8) is 0 Å². The molecule has 1 aliphatic rings. The van der Waals surface area contributed by atoms with Gasteiger partial charge in [0.05, 0.1) is 5.30 Å². The van der Waals surface area contributed by atoms with Gasteiger partial charge in [0.1, 0.15) is 11.5 Å².